The molecule has 4 heteroatoms. The zero-order chi connectivity index (χ0) is 13.5. The summed E-state index contributed by atoms with van der Waals surface area (Å²) in [7, 11) is 0. The summed E-state index contributed by atoms with van der Waals surface area (Å²) in [5, 5.41) is 0. The van der Waals surface area contributed by atoms with E-state index < -0.39 is 0 Å². The fourth-order valence-electron chi connectivity index (χ4n) is 1.80. The molecule has 0 N–H and O–H groups in total. The summed E-state index contributed by atoms with van der Waals surface area (Å²) >= 11 is 5.67. The van der Waals surface area contributed by atoms with Crippen LogP contribution in [0.25, 0.3) is 0 Å². The summed E-state index contributed by atoms with van der Waals surface area (Å²) < 4.78 is 6.54. The number of ether oxygens (including phenoxy) is 1. The number of unbranched alkanes of at least 4 members (excludes halogenated alkanes) is 8. The van der Waals surface area contributed by atoms with Crippen LogP contribution < -0.4 is 0 Å². The number of rotatable bonds is 12. The third-order valence-electron chi connectivity index (χ3n) is 2.99. The van der Waals surface area contributed by atoms with Crippen LogP contribution in [0.3, 0.4) is 0 Å². The van der Waals surface area contributed by atoms with Crippen LogP contribution in [0.15, 0.2) is 0 Å². The summed E-state index contributed by atoms with van der Waals surface area (Å²) in [4.78, 5) is 0. The molecule has 0 amide bonds. The molecule has 0 atom stereocenters. The Bertz CT molecular complexity index is 199. The van der Waals surface area contributed by atoms with Crippen molar-refractivity contribution < 1.29 is 24.2 Å². The van der Waals surface area contributed by atoms with Crippen molar-refractivity contribution in [2.24, 2.45) is 0 Å². The Morgan fingerprint density at radius 1 is 0.842 bits per heavy atom. The molecule has 0 fully saturated rings. The molecule has 0 aromatic carbocycles. The van der Waals surface area contributed by atoms with Gasteiger partial charge < -0.3 is 4.74 Å². The van der Waals surface area contributed by atoms with Crippen molar-refractivity contribution in [3.8, 4) is 0 Å². The van der Waals surface area contributed by atoms with Gasteiger partial charge in [0.2, 0.25) is 0 Å². The zero-order valence-electron chi connectivity index (χ0n) is 13.0. The Morgan fingerprint density at radius 3 is 1.95 bits per heavy atom. The van der Waals surface area contributed by atoms with Crippen LogP contribution >= 0.6 is 24.0 Å². The first-order valence-electron chi connectivity index (χ1n) is 7.67. The maximum absolute atomic E-state index is 5.62. The minimum Gasteiger partial charge on any atom is -0.335 e. The van der Waals surface area contributed by atoms with Gasteiger partial charge in [-0.3, -0.25) is 0 Å². The number of hydrogen-bond donors (Lipinski definition) is 2. The molecule has 0 aliphatic rings. The first kappa shape index (κ1) is 22.4. The van der Waals surface area contributed by atoms with Crippen molar-refractivity contribution in [3.05, 3.63) is 0 Å². The van der Waals surface area contributed by atoms with Gasteiger partial charge in [0.25, 0.3) is 0 Å². The molecule has 0 aliphatic heterocycles. The van der Waals surface area contributed by atoms with E-state index in [1.807, 2.05) is 0 Å². The van der Waals surface area contributed by atoms with Crippen molar-refractivity contribution in [1.82, 2.24) is 0 Å². The minimum absolute atomic E-state index is 0. The van der Waals surface area contributed by atoms with Crippen LogP contribution in [0, 0.1) is 0 Å². The van der Waals surface area contributed by atoms with Crippen molar-refractivity contribution in [1.29, 1.82) is 0 Å². The first-order valence-corrected chi connectivity index (χ1v) is 9.20. The molecule has 0 heterocycles. The van der Waals surface area contributed by atoms with E-state index >= 15 is 0 Å². The minimum atomic E-state index is 0. The second-order valence-electron chi connectivity index (χ2n) is 4.84. The van der Waals surface area contributed by atoms with Gasteiger partial charge in [-0.05, 0) is 18.6 Å². The van der Waals surface area contributed by atoms with E-state index in [1.54, 1.807) is 0 Å². The monoisotopic (exact) mass is 356 g/mol. The van der Waals surface area contributed by atoms with Crippen LogP contribution in [0.1, 0.15) is 78.1 Å². The number of hydrogen-bond acceptors (Lipinski definition) is 1. The Labute approximate surface area is 142 Å². The molecule has 0 spiro atoms. The summed E-state index contributed by atoms with van der Waals surface area (Å²) in [5.74, 6) is 1.21. The summed E-state index contributed by atoms with van der Waals surface area (Å²) in [6, 6.07) is 0. The van der Waals surface area contributed by atoms with E-state index in [2.05, 4.69) is 26.5 Å². The molecule has 0 aliphatic carbocycles. The third kappa shape index (κ3) is 19.2. The van der Waals surface area contributed by atoms with Gasteiger partial charge in [-0.1, -0.05) is 65.2 Å². The molecule has 0 aromatic heterocycles. The molecule has 112 valence electrons. The zero-order valence-corrected chi connectivity index (χ0v) is 17.8. The smallest absolute Gasteiger partial charge is 0.127 e. The van der Waals surface area contributed by atoms with Crippen LogP contribution in [0.4, 0.5) is 0 Å². The van der Waals surface area contributed by atoms with Crippen molar-refractivity contribution in [2.45, 2.75) is 78.1 Å². The van der Waals surface area contributed by atoms with Crippen LogP contribution in [0.5, 0.6) is 0 Å². The maximum Gasteiger partial charge on any atom is 0.127 e. The molecule has 19 heavy (non-hydrogen) atoms. The predicted octanol–water partition coefficient (Wildman–Crippen LogP) is 5.42. The van der Waals surface area contributed by atoms with Gasteiger partial charge in [-0.25, -0.2) is 0 Å². The average Bonchev–Trinajstić information content (AvgIpc) is 2.38. The normalized spacial score (nSPS) is 11.8. The fourth-order valence-corrected chi connectivity index (χ4v) is 2.95. The summed E-state index contributed by atoms with van der Waals surface area (Å²) in [6.07, 6.45) is 13.2. The van der Waals surface area contributed by atoms with Crippen LogP contribution in [-0.4, -0.2) is 16.7 Å². The van der Waals surface area contributed by atoms with Gasteiger partial charge in [0.05, 0.1) is 6.61 Å². The van der Waals surface area contributed by atoms with Crippen molar-refractivity contribution in [2.75, 3.05) is 12.4 Å². The van der Waals surface area contributed by atoms with Crippen LogP contribution in [0.2, 0.25) is 0 Å². The second-order valence-corrected chi connectivity index (χ2v) is 6.77. The number of thiol groups is 2. The standard InChI is InChI=1S/C15H32OS2.Zn/c1-3-5-7-9-11-13-16-15(17)18-14-12-10-8-6-4-2;/h17-18H,3-14H2,1-2H3;. The van der Waals surface area contributed by atoms with E-state index in [1.165, 1.54) is 81.3 Å². The SMILES string of the molecule is CCCCCCCOC(S)=[SH]CCCCCCC.[Zn]. The molecule has 1 nitrogen and oxygen atoms in total. The molecule has 0 aromatic rings. The Hall–Kier alpha value is 1.15. The molecule has 0 saturated carbocycles. The maximum atomic E-state index is 5.62. The van der Waals surface area contributed by atoms with Crippen LogP contribution in [-0.2, 0) is 24.2 Å². The molecule has 0 bridgehead atoms. The Balaban J connectivity index is 0. The predicted molar refractivity (Wildman–Crippen MR) is 91.3 cm³/mol. The molecule has 0 radical (unpaired) electrons. The first-order chi connectivity index (χ1) is 8.81. The van der Waals surface area contributed by atoms with E-state index in [0.717, 1.165) is 11.0 Å². The molecular weight excluding hydrogens is 326 g/mol. The van der Waals surface area contributed by atoms with Gasteiger partial charge in [0, 0.05) is 19.5 Å². The Kier molecular flexibility index (Phi) is 22.6. The Morgan fingerprint density at radius 2 is 1.37 bits per heavy atom. The molecule has 0 rings (SSSR count). The molecular formula is C15H32OS2Zn. The van der Waals surface area contributed by atoms with Gasteiger partial charge in [0.1, 0.15) is 4.38 Å². The summed E-state index contributed by atoms with van der Waals surface area (Å²) in [5.41, 5.74) is 0. The van der Waals surface area contributed by atoms with E-state index in [9.17, 15) is 0 Å². The van der Waals surface area contributed by atoms with Crippen molar-refractivity contribution in [3.63, 3.8) is 0 Å². The van der Waals surface area contributed by atoms with E-state index in [4.69, 9.17) is 4.74 Å². The van der Waals surface area contributed by atoms with Gasteiger partial charge >= 0.3 is 0 Å². The van der Waals surface area contributed by atoms with E-state index in [-0.39, 0.29) is 19.5 Å². The van der Waals surface area contributed by atoms with Gasteiger partial charge in [-0.15, -0.1) is 12.6 Å². The van der Waals surface area contributed by atoms with Gasteiger partial charge in [0.15, 0.2) is 0 Å². The summed E-state index contributed by atoms with van der Waals surface area (Å²) in [6.45, 7) is 5.35. The average molecular weight is 358 g/mol. The van der Waals surface area contributed by atoms with Crippen molar-refractivity contribution >= 4 is 28.4 Å². The van der Waals surface area contributed by atoms with Gasteiger partial charge in [-0.2, -0.15) is 11.4 Å². The van der Waals surface area contributed by atoms with E-state index in [0.29, 0.717) is 0 Å². The topological polar surface area (TPSA) is 9.23 Å². The second kappa shape index (κ2) is 19.2. The molecule has 0 unspecified atom stereocenters. The largest absolute Gasteiger partial charge is 0.335 e. The molecule has 0 saturated heterocycles. The third-order valence-corrected chi connectivity index (χ3v) is 4.48. The quantitative estimate of drug-likeness (QED) is 0.205. The fraction of sp³-hybridized carbons (Fsp3) is 0.933.